The number of carbonyl (C=O) groups excluding carboxylic acids is 1. The van der Waals surface area contributed by atoms with Gasteiger partial charge in [-0.2, -0.15) is 0 Å². The molecule has 0 radical (unpaired) electrons. The molecule has 0 aliphatic rings. The summed E-state index contributed by atoms with van der Waals surface area (Å²) in [6.45, 7) is -0.454. The summed E-state index contributed by atoms with van der Waals surface area (Å²) in [5.74, 6) is 0. The van der Waals surface area contributed by atoms with E-state index in [-0.39, 0.29) is 6.29 Å². The first-order valence-corrected chi connectivity index (χ1v) is 4.63. The third kappa shape index (κ3) is 5.22. The molecule has 0 bridgehead atoms. The van der Waals surface area contributed by atoms with Gasteiger partial charge in [-0.25, -0.2) is 0 Å². The van der Waals surface area contributed by atoms with Gasteiger partial charge in [-0.1, -0.05) is 0 Å². The maximum atomic E-state index is 9.96. The molecule has 0 rings (SSSR count). The van der Waals surface area contributed by atoms with Gasteiger partial charge < -0.3 is 29.5 Å². The first kappa shape index (κ1) is 12.9. The van der Waals surface area contributed by atoms with Crippen LogP contribution in [0.1, 0.15) is 0 Å². The zero-order valence-corrected chi connectivity index (χ0v) is 7.54. The molecule has 4 atom stereocenters. The first-order chi connectivity index (χ1) is 5.99. The SMILES string of the molecule is NP(O)OC[C@@H](O)[C@@H](O)[C@@H](O)C=O. The molecule has 6 N–H and O–H groups in total. The minimum atomic E-state index is -2.12. The number of rotatable bonds is 6. The lowest BCUT2D eigenvalue weighted by atomic mass is 10.1. The van der Waals surface area contributed by atoms with Crippen molar-refractivity contribution in [1.82, 2.24) is 0 Å². The van der Waals surface area contributed by atoms with Gasteiger partial charge in [0.15, 0.2) is 6.29 Å². The van der Waals surface area contributed by atoms with Gasteiger partial charge in [-0.05, 0) is 0 Å². The molecule has 7 nitrogen and oxygen atoms in total. The summed E-state index contributed by atoms with van der Waals surface area (Å²) in [4.78, 5) is 18.4. The fourth-order valence-electron chi connectivity index (χ4n) is 0.559. The Labute approximate surface area is 75.7 Å². The predicted octanol–water partition coefficient (Wildman–Crippen LogP) is -2.54. The Morgan fingerprint density at radius 2 is 2.00 bits per heavy atom. The van der Waals surface area contributed by atoms with E-state index in [1.807, 2.05) is 0 Å². The highest BCUT2D eigenvalue weighted by atomic mass is 31.2. The van der Waals surface area contributed by atoms with Crippen LogP contribution in [0.15, 0.2) is 0 Å². The van der Waals surface area contributed by atoms with Crippen molar-refractivity contribution in [3.05, 3.63) is 0 Å². The highest BCUT2D eigenvalue weighted by molar-refractivity contribution is 7.43. The van der Waals surface area contributed by atoms with Crippen molar-refractivity contribution in [3.8, 4) is 0 Å². The number of nitrogens with two attached hydrogens (primary N) is 1. The monoisotopic (exact) mass is 213 g/mol. The molecule has 0 aromatic heterocycles. The molecular weight excluding hydrogens is 201 g/mol. The number of aldehydes is 1. The van der Waals surface area contributed by atoms with Crippen LogP contribution in [-0.2, 0) is 9.32 Å². The molecule has 78 valence electrons. The lowest BCUT2D eigenvalue weighted by Crippen LogP contribution is -2.40. The van der Waals surface area contributed by atoms with Gasteiger partial charge in [0.1, 0.15) is 18.3 Å². The van der Waals surface area contributed by atoms with E-state index >= 15 is 0 Å². The number of aliphatic hydroxyl groups excluding tert-OH is 3. The molecule has 8 heteroatoms. The van der Waals surface area contributed by atoms with Gasteiger partial charge in [-0.3, -0.25) is 5.50 Å². The highest BCUT2D eigenvalue weighted by Gasteiger charge is 2.24. The third-order valence-electron chi connectivity index (χ3n) is 1.26. The number of carbonyl (C=O) groups is 1. The fourth-order valence-corrected chi connectivity index (χ4v) is 0.865. The second kappa shape index (κ2) is 6.33. The molecule has 0 aliphatic heterocycles. The van der Waals surface area contributed by atoms with Crippen LogP contribution in [0.5, 0.6) is 0 Å². The first-order valence-electron chi connectivity index (χ1n) is 3.35. The quantitative estimate of drug-likeness (QED) is 0.242. The summed E-state index contributed by atoms with van der Waals surface area (Å²) in [5, 5.41) is 26.7. The van der Waals surface area contributed by atoms with E-state index in [9.17, 15) is 4.79 Å². The van der Waals surface area contributed by atoms with Crippen LogP contribution in [0, 0.1) is 0 Å². The van der Waals surface area contributed by atoms with Crippen LogP contribution >= 0.6 is 8.53 Å². The van der Waals surface area contributed by atoms with Gasteiger partial charge >= 0.3 is 0 Å². The van der Waals surface area contributed by atoms with E-state index < -0.39 is 33.4 Å². The van der Waals surface area contributed by atoms with E-state index in [0.29, 0.717) is 0 Å². The fraction of sp³-hybridized carbons (Fsp3) is 0.800. The maximum Gasteiger partial charge on any atom is 0.250 e. The van der Waals surface area contributed by atoms with Gasteiger partial charge in [0.25, 0.3) is 0 Å². The lowest BCUT2D eigenvalue weighted by molar-refractivity contribution is -0.127. The Kier molecular flexibility index (Phi) is 6.27. The minimum absolute atomic E-state index is 0.0814. The Morgan fingerprint density at radius 1 is 1.46 bits per heavy atom. The molecule has 0 saturated carbocycles. The average molecular weight is 213 g/mol. The topological polar surface area (TPSA) is 133 Å². The number of hydrogen-bond acceptors (Lipinski definition) is 7. The van der Waals surface area contributed by atoms with Gasteiger partial charge in [0, 0.05) is 0 Å². The van der Waals surface area contributed by atoms with Crippen molar-refractivity contribution >= 4 is 14.8 Å². The molecule has 0 aromatic rings. The largest absolute Gasteiger partial charge is 0.388 e. The van der Waals surface area contributed by atoms with Crippen LogP contribution in [0.25, 0.3) is 0 Å². The van der Waals surface area contributed by atoms with Crippen molar-refractivity contribution < 1.29 is 29.5 Å². The van der Waals surface area contributed by atoms with Crippen LogP contribution in [-0.4, -0.2) is 51.4 Å². The zero-order valence-electron chi connectivity index (χ0n) is 6.65. The van der Waals surface area contributed by atoms with Crippen LogP contribution in [0.3, 0.4) is 0 Å². The van der Waals surface area contributed by atoms with Gasteiger partial charge in [0.2, 0.25) is 8.53 Å². The molecule has 0 saturated heterocycles. The van der Waals surface area contributed by atoms with Crippen molar-refractivity contribution in [2.45, 2.75) is 18.3 Å². The second-order valence-electron chi connectivity index (χ2n) is 2.28. The molecule has 0 amide bonds. The highest BCUT2D eigenvalue weighted by Crippen LogP contribution is 2.19. The molecule has 0 aromatic carbocycles. The summed E-state index contributed by atoms with van der Waals surface area (Å²) < 4.78 is 4.38. The molecule has 1 unspecified atom stereocenters. The lowest BCUT2D eigenvalue weighted by Gasteiger charge is -2.19. The summed E-state index contributed by atoms with van der Waals surface area (Å²) in [5.41, 5.74) is 4.82. The minimum Gasteiger partial charge on any atom is -0.388 e. The summed E-state index contributed by atoms with van der Waals surface area (Å²) in [7, 11) is -2.12. The van der Waals surface area contributed by atoms with E-state index in [1.54, 1.807) is 0 Å². The molecule has 0 spiro atoms. The normalized spacial score (nSPS) is 20.4. The Balaban J connectivity index is 3.81. The number of aliphatic hydroxyl groups is 3. The Morgan fingerprint density at radius 3 is 2.38 bits per heavy atom. The molecule has 13 heavy (non-hydrogen) atoms. The standard InChI is InChI=1S/C5H12NO6P/c6-13(11)12-2-4(9)5(10)3(8)1-7/h1,3-5,8-11H,2,6H2/t3-,4+,5-,13?/m0/s1. The third-order valence-corrected chi connectivity index (χ3v) is 1.67. The van der Waals surface area contributed by atoms with Crippen molar-refractivity contribution in [2.24, 2.45) is 5.50 Å². The van der Waals surface area contributed by atoms with Gasteiger partial charge in [0.05, 0.1) is 6.61 Å². The maximum absolute atomic E-state index is 9.96. The van der Waals surface area contributed by atoms with E-state index in [1.165, 1.54) is 0 Å². The zero-order chi connectivity index (χ0) is 10.4. The van der Waals surface area contributed by atoms with E-state index in [2.05, 4.69) is 4.52 Å². The molecule has 0 aliphatic carbocycles. The average Bonchev–Trinajstić information content (AvgIpc) is 2.11. The van der Waals surface area contributed by atoms with E-state index in [0.717, 1.165) is 0 Å². The van der Waals surface area contributed by atoms with Crippen LogP contribution in [0.4, 0.5) is 0 Å². The molecule has 0 heterocycles. The molecular formula is C5H12NO6P. The smallest absolute Gasteiger partial charge is 0.250 e. The summed E-state index contributed by atoms with van der Waals surface area (Å²) in [6, 6.07) is 0. The Bertz CT molecular complexity index is 156. The van der Waals surface area contributed by atoms with Crippen molar-refractivity contribution in [1.29, 1.82) is 0 Å². The summed E-state index contributed by atoms with van der Waals surface area (Å²) >= 11 is 0. The Hall–Kier alpha value is -0.140. The van der Waals surface area contributed by atoms with Crippen LogP contribution in [0.2, 0.25) is 0 Å². The summed E-state index contributed by atoms with van der Waals surface area (Å²) in [6.07, 6.45) is -4.72. The van der Waals surface area contributed by atoms with Crippen molar-refractivity contribution in [2.75, 3.05) is 6.61 Å². The number of hydrogen-bond donors (Lipinski definition) is 5. The predicted molar refractivity (Wildman–Crippen MR) is 43.4 cm³/mol. The van der Waals surface area contributed by atoms with Crippen LogP contribution < -0.4 is 5.50 Å². The van der Waals surface area contributed by atoms with Gasteiger partial charge in [-0.15, -0.1) is 0 Å². The van der Waals surface area contributed by atoms with E-state index in [4.69, 9.17) is 25.7 Å². The van der Waals surface area contributed by atoms with Crippen molar-refractivity contribution in [3.63, 3.8) is 0 Å². The molecule has 0 fully saturated rings. The second-order valence-corrected chi connectivity index (χ2v) is 3.15.